The third kappa shape index (κ3) is 3.67. The van der Waals surface area contributed by atoms with Crippen LogP contribution in [0, 0.1) is 11.3 Å². The summed E-state index contributed by atoms with van der Waals surface area (Å²) in [5.41, 5.74) is 3.19. The molecular formula is C17H18N2O. The summed E-state index contributed by atoms with van der Waals surface area (Å²) in [6, 6.07) is 19.9. The van der Waals surface area contributed by atoms with Gasteiger partial charge in [0.25, 0.3) is 0 Å². The van der Waals surface area contributed by atoms with Crippen molar-refractivity contribution in [2.45, 2.75) is 19.2 Å². The Labute approximate surface area is 119 Å². The molecule has 3 nitrogen and oxygen atoms in total. The van der Waals surface area contributed by atoms with Gasteiger partial charge in [-0.25, -0.2) is 0 Å². The Bertz CT molecular complexity index is 575. The number of benzene rings is 2. The molecule has 1 N–H and O–H groups in total. The fraction of sp³-hybridized carbons (Fsp3) is 0.235. The number of nitrogens with zero attached hydrogens (tertiary/aromatic N) is 1. The van der Waals surface area contributed by atoms with Crippen molar-refractivity contribution >= 4 is 0 Å². The van der Waals surface area contributed by atoms with Crippen molar-refractivity contribution in [2.75, 3.05) is 7.11 Å². The van der Waals surface area contributed by atoms with Crippen LogP contribution in [0.1, 0.15) is 22.7 Å². The van der Waals surface area contributed by atoms with E-state index >= 15 is 0 Å². The number of hydrogen-bond acceptors (Lipinski definition) is 3. The fourth-order valence-electron chi connectivity index (χ4n) is 2.14. The molecule has 0 aliphatic heterocycles. The van der Waals surface area contributed by atoms with Crippen molar-refractivity contribution in [1.82, 2.24) is 5.32 Å². The molecule has 1 unspecified atom stereocenters. The first-order valence-corrected chi connectivity index (χ1v) is 6.59. The van der Waals surface area contributed by atoms with Gasteiger partial charge in [0, 0.05) is 13.7 Å². The van der Waals surface area contributed by atoms with Crippen molar-refractivity contribution in [3.63, 3.8) is 0 Å². The lowest BCUT2D eigenvalue weighted by Crippen LogP contribution is -2.20. The van der Waals surface area contributed by atoms with E-state index in [0.717, 1.165) is 16.7 Å². The standard InChI is InChI=1S/C17H18N2O/c1-20-13-15-9-5-6-10-16(15)17(11-18)19-12-14-7-3-2-4-8-14/h2-10,17,19H,12-13H2,1H3. The summed E-state index contributed by atoms with van der Waals surface area (Å²) in [6.07, 6.45) is 0. The number of ether oxygens (including phenoxy) is 1. The van der Waals surface area contributed by atoms with Gasteiger partial charge in [-0.2, -0.15) is 5.26 Å². The van der Waals surface area contributed by atoms with E-state index in [2.05, 4.69) is 11.4 Å². The van der Waals surface area contributed by atoms with Crippen LogP contribution in [-0.2, 0) is 17.9 Å². The predicted octanol–water partition coefficient (Wildman–Crippen LogP) is 3.19. The van der Waals surface area contributed by atoms with E-state index < -0.39 is 0 Å². The maximum absolute atomic E-state index is 9.40. The second kappa shape index (κ2) is 7.44. The summed E-state index contributed by atoms with van der Waals surface area (Å²) < 4.78 is 5.19. The first-order valence-electron chi connectivity index (χ1n) is 6.59. The summed E-state index contributed by atoms with van der Waals surface area (Å²) in [4.78, 5) is 0. The van der Waals surface area contributed by atoms with Crippen LogP contribution < -0.4 is 5.32 Å². The Morgan fingerprint density at radius 1 is 1.10 bits per heavy atom. The molecule has 3 heteroatoms. The molecule has 0 amide bonds. The molecule has 0 fully saturated rings. The highest BCUT2D eigenvalue weighted by atomic mass is 16.5. The molecule has 0 aliphatic rings. The minimum absolute atomic E-state index is 0.332. The third-order valence-corrected chi connectivity index (χ3v) is 3.15. The molecule has 0 heterocycles. The van der Waals surface area contributed by atoms with Crippen LogP contribution in [0.25, 0.3) is 0 Å². The Balaban J connectivity index is 2.11. The van der Waals surface area contributed by atoms with Crippen LogP contribution >= 0.6 is 0 Å². The summed E-state index contributed by atoms with van der Waals surface area (Å²) in [6.45, 7) is 1.18. The Hall–Kier alpha value is -2.15. The summed E-state index contributed by atoms with van der Waals surface area (Å²) in [7, 11) is 1.66. The van der Waals surface area contributed by atoms with E-state index in [1.807, 2.05) is 54.6 Å². The van der Waals surface area contributed by atoms with Gasteiger partial charge in [0.15, 0.2) is 0 Å². The molecule has 0 spiro atoms. The van der Waals surface area contributed by atoms with E-state index in [4.69, 9.17) is 4.74 Å². The topological polar surface area (TPSA) is 45.0 Å². The molecule has 0 radical (unpaired) electrons. The van der Waals surface area contributed by atoms with Gasteiger partial charge < -0.3 is 4.74 Å². The van der Waals surface area contributed by atoms with Crippen molar-refractivity contribution < 1.29 is 4.74 Å². The van der Waals surface area contributed by atoms with Crippen LogP contribution in [0.3, 0.4) is 0 Å². The number of hydrogen-bond donors (Lipinski definition) is 1. The highest BCUT2D eigenvalue weighted by Gasteiger charge is 2.13. The highest BCUT2D eigenvalue weighted by molar-refractivity contribution is 5.33. The third-order valence-electron chi connectivity index (χ3n) is 3.15. The maximum Gasteiger partial charge on any atom is 0.121 e. The largest absolute Gasteiger partial charge is 0.380 e. The zero-order chi connectivity index (χ0) is 14.2. The number of rotatable bonds is 6. The lowest BCUT2D eigenvalue weighted by molar-refractivity contribution is 0.184. The van der Waals surface area contributed by atoms with Gasteiger partial charge in [0.1, 0.15) is 6.04 Å². The molecule has 2 rings (SSSR count). The predicted molar refractivity (Wildman–Crippen MR) is 78.8 cm³/mol. The minimum atomic E-state index is -0.332. The van der Waals surface area contributed by atoms with Gasteiger partial charge in [-0.05, 0) is 16.7 Å². The van der Waals surface area contributed by atoms with E-state index in [1.165, 1.54) is 0 Å². The molecule has 0 saturated heterocycles. The van der Waals surface area contributed by atoms with Gasteiger partial charge >= 0.3 is 0 Å². The second-order valence-electron chi connectivity index (χ2n) is 4.56. The average molecular weight is 266 g/mol. The van der Waals surface area contributed by atoms with Crippen LogP contribution in [0.2, 0.25) is 0 Å². The minimum Gasteiger partial charge on any atom is -0.380 e. The SMILES string of the molecule is COCc1ccccc1C(C#N)NCc1ccccc1. The quantitative estimate of drug-likeness (QED) is 0.873. The van der Waals surface area contributed by atoms with Crippen molar-refractivity contribution in [1.29, 1.82) is 5.26 Å². The summed E-state index contributed by atoms with van der Waals surface area (Å²) >= 11 is 0. The Kier molecular flexibility index (Phi) is 5.31. The van der Waals surface area contributed by atoms with Gasteiger partial charge in [0.2, 0.25) is 0 Å². The Morgan fingerprint density at radius 3 is 2.50 bits per heavy atom. The van der Waals surface area contributed by atoms with Crippen molar-refractivity contribution in [3.05, 3.63) is 71.3 Å². The molecule has 0 bridgehead atoms. The smallest absolute Gasteiger partial charge is 0.121 e. The lowest BCUT2D eigenvalue weighted by atomic mass is 10.0. The summed E-state index contributed by atoms with van der Waals surface area (Å²) in [5.74, 6) is 0. The van der Waals surface area contributed by atoms with Crippen molar-refractivity contribution in [3.8, 4) is 6.07 Å². The van der Waals surface area contributed by atoms with E-state index in [-0.39, 0.29) is 6.04 Å². The van der Waals surface area contributed by atoms with Gasteiger partial charge in [-0.3, -0.25) is 5.32 Å². The van der Waals surface area contributed by atoms with E-state index in [9.17, 15) is 5.26 Å². The molecule has 102 valence electrons. The first kappa shape index (κ1) is 14.3. The van der Waals surface area contributed by atoms with Crippen LogP contribution in [0.4, 0.5) is 0 Å². The lowest BCUT2D eigenvalue weighted by Gasteiger charge is -2.15. The fourth-order valence-corrected chi connectivity index (χ4v) is 2.14. The van der Waals surface area contributed by atoms with Crippen LogP contribution in [0.5, 0.6) is 0 Å². The average Bonchev–Trinajstić information content (AvgIpc) is 2.51. The Morgan fingerprint density at radius 2 is 1.80 bits per heavy atom. The van der Waals surface area contributed by atoms with E-state index in [1.54, 1.807) is 7.11 Å². The highest BCUT2D eigenvalue weighted by Crippen LogP contribution is 2.19. The zero-order valence-electron chi connectivity index (χ0n) is 11.5. The molecule has 0 aromatic heterocycles. The second-order valence-corrected chi connectivity index (χ2v) is 4.56. The normalized spacial score (nSPS) is 11.8. The molecule has 0 aliphatic carbocycles. The molecule has 1 atom stereocenters. The van der Waals surface area contributed by atoms with E-state index in [0.29, 0.717) is 13.2 Å². The van der Waals surface area contributed by atoms with Crippen LogP contribution in [0.15, 0.2) is 54.6 Å². The molecule has 0 saturated carbocycles. The zero-order valence-corrected chi connectivity index (χ0v) is 11.5. The molecule has 2 aromatic carbocycles. The molecule has 20 heavy (non-hydrogen) atoms. The monoisotopic (exact) mass is 266 g/mol. The number of nitrogens with one attached hydrogen (secondary N) is 1. The van der Waals surface area contributed by atoms with Gasteiger partial charge in [-0.15, -0.1) is 0 Å². The number of methoxy groups -OCH3 is 1. The molecule has 2 aromatic rings. The maximum atomic E-state index is 9.40. The van der Waals surface area contributed by atoms with Gasteiger partial charge in [-0.1, -0.05) is 54.6 Å². The van der Waals surface area contributed by atoms with Crippen LogP contribution in [-0.4, -0.2) is 7.11 Å². The van der Waals surface area contributed by atoms with Crippen molar-refractivity contribution in [2.24, 2.45) is 0 Å². The number of nitriles is 1. The summed E-state index contributed by atoms with van der Waals surface area (Å²) in [5, 5.41) is 12.7. The first-order chi connectivity index (χ1) is 9.85. The van der Waals surface area contributed by atoms with Gasteiger partial charge in [0.05, 0.1) is 12.7 Å². The molecular weight excluding hydrogens is 248 g/mol.